The predicted molar refractivity (Wildman–Crippen MR) is 117 cm³/mol. The molecule has 1 amide bonds. The monoisotopic (exact) mass is 444 g/mol. The average Bonchev–Trinajstić information content (AvgIpc) is 3.09. The molecule has 0 spiro atoms. The second-order valence-corrected chi connectivity index (χ2v) is 9.03. The quantitative estimate of drug-likeness (QED) is 0.530. The van der Waals surface area contributed by atoms with Crippen LogP contribution in [0.15, 0.2) is 65.6 Å². The number of esters is 1. The number of aryl methyl sites for hydroxylation is 1. The molecule has 0 aliphatic heterocycles. The second-order valence-electron chi connectivity index (χ2n) is 6.29. The standard InChI is InChI=1S/C21H20N2O5S2/c1-3-28-21(25)19-14(2)13-18(29-19)22-20(24)15-9-11-16(12-10-15)23-30(26,27)17-7-5-4-6-8-17/h4-13,23H,3H2,1-2H3,(H,22,24). The number of ether oxygens (including phenoxy) is 1. The van der Waals surface area contributed by atoms with Gasteiger partial charge < -0.3 is 10.1 Å². The summed E-state index contributed by atoms with van der Waals surface area (Å²) >= 11 is 1.14. The number of carbonyl (C=O) groups excluding carboxylic acids is 2. The van der Waals surface area contributed by atoms with Crippen molar-refractivity contribution in [2.24, 2.45) is 0 Å². The molecule has 1 aromatic heterocycles. The molecule has 3 aromatic rings. The van der Waals surface area contributed by atoms with Crippen molar-refractivity contribution in [3.8, 4) is 0 Å². The Bertz CT molecular complexity index is 1150. The third-order valence-electron chi connectivity index (χ3n) is 4.07. The van der Waals surface area contributed by atoms with Crippen molar-refractivity contribution in [3.05, 3.63) is 76.7 Å². The molecule has 0 radical (unpaired) electrons. The molecule has 7 nitrogen and oxygen atoms in total. The summed E-state index contributed by atoms with van der Waals surface area (Å²) < 4.78 is 32.2. The van der Waals surface area contributed by atoms with Crippen molar-refractivity contribution in [2.45, 2.75) is 18.7 Å². The average molecular weight is 445 g/mol. The van der Waals surface area contributed by atoms with E-state index in [-0.39, 0.29) is 17.4 Å². The molecule has 2 N–H and O–H groups in total. The molecule has 30 heavy (non-hydrogen) atoms. The number of sulfonamides is 1. The maximum atomic E-state index is 12.5. The fourth-order valence-electron chi connectivity index (χ4n) is 2.63. The summed E-state index contributed by atoms with van der Waals surface area (Å²) in [4.78, 5) is 25.0. The molecule has 1 heterocycles. The number of benzene rings is 2. The van der Waals surface area contributed by atoms with Crippen molar-refractivity contribution < 1.29 is 22.7 Å². The van der Waals surface area contributed by atoms with Gasteiger partial charge in [0.2, 0.25) is 0 Å². The molecule has 0 fully saturated rings. The third-order valence-corrected chi connectivity index (χ3v) is 6.60. The van der Waals surface area contributed by atoms with E-state index in [9.17, 15) is 18.0 Å². The van der Waals surface area contributed by atoms with Gasteiger partial charge in [0, 0.05) is 11.3 Å². The first kappa shape index (κ1) is 21.5. The van der Waals surface area contributed by atoms with Gasteiger partial charge in [-0.2, -0.15) is 0 Å². The van der Waals surface area contributed by atoms with Gasteiger partial charge in [0.25, 0.3) is 15.9 Å². The lowest BCUT2D eigenvalue weighted by molar-refractivity contribution is 0.0531. The molecule has 0 saturated heterocycles. The lowest BCUT2D eigenvalue weighted by Gasteiger charge is -2.09. The minimum absolute atomic E-state index is 0.150. The summed E-state index contributed by atoms with van der Waals surface area (Å²) in [6, 6.07) is 15.8. The number of hydrogen-bond acceptors (Lipinski definition) is 6. The zero-order valence-electron chi connectivity index (χ0n) is 16.3. The smallest absolute Gasteiger partial charge is 0.348 e. The van der Waals surface area contributed by atoms with Gasteiger partial charge in [-0.25, -0.2) is 13.2 Å². The van der Waals surface area contributed by atoms with Gasteiger partial charge >= 0.3 is 5.97 Å². The molecular weight excluding hydrogens is 424 g/mol. The Balaban J connectivity index is 1.69. The van der Waals surface area contributed by atoms with Crippen LogP contribution in [-0.2, 0) is 14.8 Å². The molecule has 2 aromatic carbocycles. The number of amides is 1. The molecule has 0 saturated carbocycles. The summed E-state index contributed by atoms with van der Waals surface area (Å²) in [6.07, 6.45) is 0. The number of hydrogen-bond donors (Lipinski definition) is 2. The van der Waals surface area contributed by atoms with E-state index < -0.39 is 16.0 Å². The van der Waals surface area contributed by atoms with E-state index in [1.807, 2.05) is 0 Å². The van der Waals surface area contributed by atoms with Crippen LogP contribution >= 0.6 is 11.3 Å². The van der Waals surface area contributed by atoms with E-state index in [1.54, 1.807) is 38.1 Å². The molecule has 0 atom stereocenters. The Morgan fingerprint density at radius 2 is 1.70 bits per heavy atom. The SMILES string of the molecule is CCOC(=O)c1sc(NC(=O)c2ccc(NS(=O)(=O)c3ccccc3)cc2)cc1C. The summed E-state index contributed by atoms with van der Waals surface area (Å²) in [5, 5.41) is 3.27. The van der Waals surface area contributed by atoms with Gasteiger partial charge in [0.1, 0.15) is 4.88 Å². The van der Waals surface area contributed by atoms with E-state index in [4.69, 9.17) is 4.74 Å². The molecule has 0 aliphatic rings. The first-order valence-electron chi connectivity index (χ1n) is 9.07. The van der Waals surface area contributed by atoms with Crippen LogP contribution in [0.25, 0.3) is 0 Å². The van der Waals surface area contributed by atoms with E-state index in [2.05, 4.69) is 10.0 Å². The highest BCUT2D eigenvalue weighted by Crippen LogP contribution is 2.28. The Morgan fingerprint density at radius 3 is 2.33 bits per heavy atom. The van der Waals surface area contributed by atoms with Gasteiger partial charge in [0.05, 0.1) is 16.5 Å². The zero-order chi connectivity index (χ0) is 21.7. The Labute approximate surface area is 178 Å². The van der Waals surface area contributed by atoms with Gasteiger partial charge in [-0.05, 0) is 61.9 Å². The molecule has 0 aliphatic carbocycles. The summed E-state index contributed by atoms with van der Waals surface area (Å²) in [5.41, 5.74) is 1.41. The fourth-order valence-corrected chi connectivity index (χ4v) is 4.67. The van der Waals surface area contributed by atoms with Crippen LogP contribution in [0.1, 0.15) is 32.5 Å². The second kappa shape index (κ2) is 9.10. The van der Waals surface area contributed by atoms with Gasteiger partial charge in [-0.15, -0.1) is 11.3 Å². The molecular formula is C21H20N2O5S2. The minimum Gasteiger partial charge on any atom is -0.462 e. The van der Waals surface area contributed by atoms with Crippen molar-refractivity contribution >= 4 is 43.9 Å². The van der Waals surface area contributed by atoms with E-state index in [0.717, 1.165) is 16.9 Å². The molecule has 9 heteroatoms. The lowest BCUT2D eigenvalue weighted by atomic mass is 10.2. The fraction of sp³-hybridized carbons (Fsp3) is 0.143. The highest BCUT2D eigenvalue weighted by atomic mass is 32.2. The topological polar surface area (TPSA) is 102 Å². The van der Waals surface area contributed by atoms with Crippen LogP contribution in [-0.4, -0.2) is 26.9 Å². The van der Waals surface area contributed by atoms with Crippen molar-refractivity contribution in [1.82, 2.24) is 0 Å². The van der Waals surface area contributed by atoms with Crippen LogP contribution in [0, 0.1) is 6.92 Å². The highest BCUT2D eigenvalue weighted by Gasteiger charge is 2.17. The van der Waals surface area contributed by atoms with Crippen molar-refractivity contribution in [1.29, 1.82) is 0 Å². The molecule has 156 valence electrons. The van der Waals surface area contributed by atoms with Crippen LogP contribution in [0.4, 0.5) is 10.7 Å². The number of rotatable bonds is 7. The highest BCUT2D eigenvalue weighted by molar-refractivity contribution is 7.92. The Hall–Kier alpha value is -3.17. The molecule has 0 bridgehead atoms. The lowest BCUT2D eigenvalue weighted by Crippen LogP contribution is -2.14. The Morgan fingerprint density at radius 1 is 1.03 bits per heavy atom. The van der Waals surface area contributed by atoms with E-state index >= 15 is 0 Å². The Kier molecular flexibility index (Phi) is 6.53. The van der Waals surface area contributed by atoms with Gasteiger partial charge in [-0.1, -0.05) is 18.2 Å². The number of anilines is 2. The third kappa shape index (κ3) is 5.05. The summed E-state index contributed by atoms with van der Waals surface area (Å²) in [5.74, 6) is -0.792. The van der Waals surface area contributed by atoms with Crippen LogP contribution in [0.3, 0.4) is 0 Å². The van der Waals surface area contributed by atoms with Crippen LogP contribution in [0.5, 0.6) is 0 Å². The molecule has 3 rings (SSSR count). The largest absolute Gasteiger partial charge is 0.462 e. The summed E-state index contributed by atoms with van der Waals surface area (Å²) in [7, 11) is -3.70. The summed E-state index contributed by atoms with van der Waals surface area (Å²) in [6.45, 7) is 3.78. The van der Waals surface area contributed by atoms with Gasteiger partial charge in [0.15, 0.2) is 0 Å². The number of nitrogens with one attached hydrogen (secondary N) is 2. The minimum atomic E-state index is -3.70. The zero-order valence-corrected chi connectivity index (χ0v) is 18.0. The maximum Gasteiger partial charge on any atom is 0.348 e. The van der Waals surface area contributed by atoms with E-state index in [0.29, 0.717) is 21.1 Å². The van der Waals surface area contributed by atoms with Crippen LogP contribution in [0.2, 0.25) is 0 Å². The number of thiophene rings is 1. The van der Waals surface area contributed by atoms with Crippen molar-refractivity contribution in [2.75, 3.05) is 16.6 Å². The first-order valence-corrected chi connectivity index (χ1v) is 11.4. The predicted octanol–water partition coefficient (Wildman–Crippen LogP) is 4.29. The first-order chi connectivity index (χ1) is 14.3. The van der Waals surface area contributed by atoms with E-state index in [1.165, 1.54) is 36.4 Å². The van der Waals surface area contributed by atoms with Crippen LogP contribution < -0.4 is 10.0 Å². The van der Waals surface area contributed by atoms with Crippen molar-refractivity contribution in [3.63, 3.8) is 0 Å². The number of carbonyl (C=O) groups is 2. The van der Waals surface area contributed by atoms with Gasteiger partial charge in [-0.3, -0.25) is 9.52 Å². The molecule has 0 unspecified atom stereocenters. The maximum absolute atomic E-state index is 12.5. The normalized spacial score (nSPS) is 11.0.